The zero-order valence-corrected chi connectivity index (χ0v) is 23.9. The third kappa shape index (κ3) is 5.66. The highest BCUT2D eigenvalue weighted by atomic mass is 79.9. The van der Waals surface area contributed by atoms with Gasteiger partial charge in [0.2, 0.25) is 0 Å². The van der Waals surface area contributed by atoms with Crippen LogP contribution < -0.4 is 21.1 Å². The summed E-state index contributed by atoms with van der Waals surface area (Å²) < 4.78 is 7.85. The van der Waals surface area contributed by atoms with Crippen LogP contribution in [-0.2, 0) is 6.54 Å². The van der Waals surface area contributed by atoms with E-state index in [2.05, 4.69) is 37.5 Å². The van der Waals surface area contributed by atoms with Crippen molar-refractivity contribution in [2.45, 2.75) is 51.0 Å². The van der Waals surface area contributed by atoms with E-state index in [4.69, 9.17) is 4.42 Å². The molecule has 1 aromatic carbocycles. The third-order valence-electron chi connectivity index (χ3n) is 8.24. The highest BCUT2D eigenvalue weighted by Crippen LogP contribution is 2.39. The zero-order chi connectivity index (χ0) is 27.6. The highest BCUT2D eigenvalue weighted by Gasteiger charge is 2.35. The minimum absolute atomic E-state index is 0.0494. The van der Waals surface area contributed by atoms with Crippen molar-refractivity contribution in [1.82, 2.24) is 9.88 Å². The summed E-state index contributed by atoms with van der Waals surface area (Å²) in [4.78, 5) is 40.9. The second-order valence-corrected chi connectivity index (χ2v) is 11.8. The van der Waals surface area contributed by atoms with Crippen molar-refractivity contribution in [1.29, 1.82) is 0 Å². The quantitative estimate of drug-likeness (QED) is 0.337. The van der Waals surface area contributed by atoms with E-state index in [1.165, 1.54) is 18.4 Å². The average Bonchev–Trinajstić information content (AvgIpc) is 3.40. The number of furan rings is 1. The Hall–Kier alpha value is -3.59. The molecule has 0 spiro atoms. The Morgan fingerprint density at radius 2 is 1.93 bits per heavy atom. The first-order valence-corrected chi connectivity index (χ1v) is 14.9. The molecular formula is C31H33BrN4O4. The van der Waals surface area contributed by atoms with Gasteiger partial charge < -0.3 is 24.5 Å². The van der Waals surface area contributed by atoms with Crippen LogP contribution in [0.5, 0.6) is 0 Å². The minimum Gasteiger partial charge on any atom is -0.444 e. The van der Waals surface area contributed by atoms with E-state index in [0.29, 0.717) is 34.9 Å². The Morgan fingerprint density at radius 1 is 1.02 bits per heavy atom. The van der Waals surface area contributed by atoms with Crippen molar-refractivity contribution in [3.8, 4) is 0 Å². The molecule has 3 aliphatic rings. The van der Waals surface area contributed by atoms with E-state index in [-0.39, 0.29) is 29.1 Å². The number of allylic oxidation sites excluding steroid dienone is 1. The van der Waals surface area contributed by atoms with Crippen LogP contribution in [0.15, 0.2) is 74.1 Å². The summed E-state index contributed by atoms with van der Waals surface area (Å²) in [7, 11) is 0. The van der Waals surface area contributed by atoms with Gasteiger partial charge in [-0.3, -0.25) is 14.4 Å². The maximum atomic E-state index is 13.1. The van der Waals surface area contributed by atoms with Crippen molar-refractivity contribution >= 4 is 39.1 Å². The SMILES string of the molecule is O=C(NCCC1=CCCCC1)c1ccc(N2C[C@H]3C[C@@H](C2)c2cccc(=O)n2C3)c(NC(=O)c2ccc(Br)o2)c1. The molecule has 2 N–H and O–H groups in total. The van der Waals surface area contributed by atoms with E-state index in [1.54, 1.807) is 24.3 Å². The lowest BCUT2D eigenvalue weighted by Crippen LogP contribution is -2.47. The number of rotatable bonds is 7. The van der Waals surface area contributed by atoms with Gasteiger partial charge in [-0.15, -0.1) is 0 Å². The molecule has 0 unspecified atom stereocenters. The lowest BCUT2D eigenvalue weighted by Gasteiger charge is -2.44. The van der Waals surface area contributed by atoms with Gasteiger partial charge in [-0.25, -0.2) is 0 Å². The monoisotopic (exact) mass is 604 g/mol. The smallest absolute Gasteiger partial charge is 0.291 e. The lowest BCUT2D eigenvalue weighted by molar-refractivity contribution is 0.0951. The third-order valence-corrected chi connectivity index (χ3v) is 8.67. The summed E-state index contributed by atoms with van der Waals surface area (Å²) in [6.45, 7) is 2.74. The maximum absolute atomic E-state index is 13.1. The van der Waals surface area contributed by atoms with Gasteiger partial charge in [0.05, 0.1) is 11.4 Å². The first-order chi connectivity index (χ1) is 19.4. The summed E-state index contributed by atoms with van der Waals surface area (Å²) in [5.41, 5.74) is 4.43. The largest absolute Gasteiger partial charge is 0.444 e. The minimum atomic E-state index is -0.386. The van der Waals surface area contributed by atoms with Gasteiger partial charge in [0, 0.05) is 49.4 Å². The predicted molar refractivity (Wildman–Crippen MR) is 158 cm³/mol. The second-order valence-electron chi connectivity index (χ2n) is 11.0. The fraction of sp³-hybridized carbons (Fsp3) is 0.387. The van der Waals surface area contributed by atoms with E-state index in [9.17, 15) is 14.4 Å². The van der Waals surface area contributed by atoms with E-state index in [1.807, 2.05) is 28.8 Å². The number of amides is 2. The summed E-state index contributed by atoms with van der Waals surface area (Å²) in [6.07, 6.45) is 8.89. The molecule has 40 heavy (non-hydrogen) atoms. The van der Waals surface area contributed by atoms with Crippen LogP contribution in [0.2, 0.25) is 0 Å². The number of fused-ring (bicyclic) bond motifs is 4. The molecular weight excluding hydrogens is 572 g/mol. The van der Waals surface area contributed by atoms with Crippen LogP contribution in [0.4, 0.5) is 11.4 Å². The first kappa shape index (κ1) is 26.6. The van der Waals surface area contributed by atoms with Crippen molar-refractivity contribution in [2.24, 2.45) is 5.92 Å². The number of halogens is 1. The van der Waals surface area contributed by atoms with Gasteiger partial charge in [-0.1, -0.05) is 17.7 Å². The molecule has 2 amide bonds. The van der Waals surface area contributed by atoms with Gasteiger partial charge in [-0.05, 0) is 96.8 Å². The molecule has 8 nitrogen and oxygen atoms in total. The van der Waals surface area contributed by atoms with Crippen molar-refractivity contribution in [2.75, 3.05) is 29.9 Å². The summed E-state index contributed by atoms with van der Waals surface area (Å²) >= 11 is 3.26. The fourth-order valence-corrected chi connectivity index (χ4v) is 6.64. The van der Waals surface area contributed by atoms with Crippen molar-refractivity contribution < 1.29 is 14.0 Å². The number of carbonyl (C=O) groups is 2. The van der Waals surface area contributed by atoms with E-state index < -0.39 is 0 Å². The van der Waals surface area contributed by atoms with Gasteiger partial charge in [0.15, 0.2) is 10.4 Å². The first-order valence-electron chi connectivity index (χ1n) is 14.1. The number of anilines is 2. The number of pyridine rings is 1. The fourth-order valence-electron chi connectivity index (χ4n) is 6.34. The Kier molecular flexibility index (Phi) is 7.65. The normalized spacial score (nSPS) is 19.9. The van der Waals surface area contributed by atoms with Crippen LogP contribution in [0.25, 0.3) is 0 Å². The second kappa shape index (κ2) is 11.5. The van der Waals surface area contributed by atoms with E-state index >= 15 is 0 Å². The van der Waals surface area contributed by atoms with Crippen LogP contribution >= 0.6 is 15.9 Å². The van der Waals surface area contributed by atoms with Crippen molar-refractivity contribution in [3.05, 3.63) is 92.2 Å². The van der Waals surface area contributed by atoms with E-state index in [0.717, 1.165) is 50.2 Å². The number of piperidine rings is 1. The van der Waals surface area contributed by atoms with Crippen LogP contribution in [0, 0.1) is 5.92 Å². The molecule has 1 aliphatic carbocycles. The molecule has 0 radical (unpaired) electrons. The topological polar surface area (TPSA) is 96.6 Å². The summed E-state index contributed by atoms with van der Waals surface area (Å²) in [5.74, 6) is 0.152. The Morgan fingerprint density at radius 3 is 2.73 bits per heavy atom. The molecule has 3 aromatic rings. The Labute approximate surface area is 241 Å². The highest BCUT2D eigenvalue weighted by molar-refractivity contribution is 9.10. The van der Waals surface area contributed by atoms with Crippen LogP contribution in [-0.4, -0.2) is 36.0 Å². The number of aromatic nitrogens is 1. The summed E-state index contributed by atoms with van der Waals surface area (Å²) in [5, 5.41) is 6.04. The average molecular weight is 606 g/mol. The number of benzene rings is 1. The molecule has 2 aromatic heterocycles. The molecule has 2 atom stereocenters. The predicted octanol–water partition coefficient (Wildman–Crippen LogP) is 5.70. The number of hydrogen-bond donors (Lipinski definition) is 2. The van der Waals surface area contributed by atoms with Crippen LogP contribution in [0.3, 0.4) is 0 Å². The number of nitrogens with zero attached hydrogens (tertiary/aromatic N) is 2. The molecule has 2 bridgehead atoms. The Bertz CT molecular complexity index is 1520. The van der Waals surface area contributed by atoms with Gasteiger partial charge >= 0.3 is 0 Å². The molecule has 0 saturated carbocycles. The number of carbonyl (C=O) groups excluding carboxylic acids is 2. The standard InChI is InChI=1S/C31H33BrN4O4/c32-28-12-11-27(40-28)31(39)34-24-16-22(30(38)33-14-13-20-5-2-1-3-6-20)9-10-26(24)35-17-21-15-23(19-35)25-7-4-8-29(37)36(25)18-21/h4-5,7-12,16,21,23H,1-3,6,13-15,17-19H2,(H,33,38)(H,34,39)/t21-,23+/m1/s1. The molecule has 6 rings (SSSR count). The van der Waals surface area contributed by atoms with Crippen LogP contribution in [0.1, 0.15) is 71.0 Å². The van der Waals surface area contributed by atoms with Gasteiger partial charge in [-0.2, -0.15) is 0 Å². The van der Waals surface area contributed by atoms with Crippen molar-refractivity contribution in [3.63, 3.8) is 0 Å². The molecule has 4 heterocycles. The lowest BCUT2D eigenvalue weighted by atomic mass is 9.83. The molecule has 208 valence electrons. The molecule has 1 fully saturated rings. The molecule has 9 heteroatoms. The zero-order valence-electron chi connectivity index (χ0n) is 22.3. The number of hydrogen-bond acceptors (Lipinski definition) is 5. The number of nitrogens with one attached hydrogen (secondary N) is 2. The van der Waals surface area contributed by atoms with Gasteiger partial charge in [0.1, 0.15) is 0 Å². The molecule has 2 aliphatic heterocycles. The summed E-state index contributed by atoms with van der Waals surface area (Å²) in [6, 6.07) is 14.3. The maximum Gasteiger partial charge on any atom is 0.291 e. The molecule has 1 saturated heterocycles. The van der Waals surface area contributed by atoms with Gasteiger partial charge in [0.25, 0.3) is 17.4 Å². The Balaban J connectivity index is 1.25.